The molecule has 0 radical (unpaired) electrons. The van der Waals surface area contributed by atoms with Crippen LogP contribution in [-0.4, -0.2) is 5.11 Å². The van der Waals surface area contributed by atoms with Gasteiger partial charge in [0.15, 0.2) is 11.5 Å². The predicted octanol–water partition coefficient (Wildman–Crippen LogP) is 4.07. The van der Waals surface area contributed by atoms with E-state index in [0.717, 1.165) is 16.7 Å². The molecule has 1 aliphatic rings. The molecule has 2 aromatic rings. The third-order valence-electron chi connectivity index (χ3n) is 3.26. The van der Waals surface area contributed by atoms with Gasteiger partial charge < -0.3 is 9.84 Å². The van der Waals surface area contributed by atoms with Crippen LogP contribution < -0.4 is 4.74 Å². The quantitative estimate of drug-likeness (QED) is 0.833. The maximum atomic E-state index is 12.9. The Bertz CT molecular complexity index is 644. The van der Waals surface area contributed by atoms with Crippen molar-refractivity contribution in [2.75, 3.05) is 0 Å². The average molecular weight is 256 g/mol. The van der Waals surface area contributed by atoms with Crippen LogP contribution in [0.1, 0.15) is 24.2 Å². The highest BCUT2D eigenvalue weighted by molar-refractivity contribution is 5.74. The molecule has 19 heavy (non-hydrogen) atoms. The highest BCUT2D eigenvalue weighted by Gasteiger charge is 2.22. The second-order valence-corrected chi connectivity index (χ2v) is 4.59. The Kier molecular flexibility index (Phi) is 2.75. The van der Waals surface area contributed by atoms with Gasteiger partial charge in [0, 0.05) is 5.56 Å². The summed E-state index contributed by atoms with van der Waals surface area (Å²) in [5.41, 5.74) is 2.78. The third-order valence-corrected chi connectivity index (χ3v) is 3.26. The van der Waals surface area contributed by atoms with E-state index in [1.807, 2.05) is 19.1 Å². The van der Waals surface area contributed by atoms with Crippen molar-refractivity contribution in [1.82, 2.24) is 0 Å². The van der Waals surface area contributed by atoms with E-state index in [2.05, 4.69) is 0 Å². The summed E-state index contributed by atoms with van der Waals surface area (Å²) in [6.07, 6.45) is 1.66. The smallest absolute Gasteiger partial charge is 0.169 e. The maximum absolute atomic E-state index is 12.9. The van der Waals surface area contributed by atoms with Crippen LogP contribution in [0.5, 0.6) is 11.5 Å². The first-order chi connectivity index (χ1) is 9.15. The number of aromatic hydroxyl groups is 1. The van der Waals surface area contributed by atoms with Crippen LogP contribution in [-0.2, 0) is 0 Å². The number of phenolic OH excluding ortho intramolecular Hbond substituents is 1. The van der Waals surface area contributed by atoms with E-state index >= 15 is 0 Å². The molecule has 1 aliphatic heterocycles. The van der Waals surface area contributed by atoms with Gasteiger partial charge in [-0.3, -0.25) is 0 Å². The lowest BCUT2D eigenvalue weighted by atomic mass is 9.98. The van der Waals surface area contributed by atoms with Gasteiger partial charge in [-0.15, -0.1) is 0 Å². The van der Waals surface area contributed by atoms with Crippen LogP contribution in [0.3, 0.4) is 0 Å². The molecule has 3 heteroatoms. The summed E-state index contributed by atoms with van der Waals surface area (Å²) in [4.78, 5) is 0. The standard InChI is InChI=1S/C16H13FO2/c1-10-9-15(11-5-7-12(17)8-6-11)19-16-13(10)3-2-4-14(16)18/h2-9,15,18H,1H3. The van der Waals surface area contributed by atoms with Crippen molar-refractivity contribution < 1.29 is 14.2 Å². The van der Waals surface area contributed by atoms with Gasteiger partial charge in [0.2, 0.25) is 0 Å². The van der Waals surface area contributed by atoms with E-state index in [1.54, 1.807) is 24.3 Å². The lowest BCUT2D eigenvalue weighted by molar-refractivity contribution is 0.239. The topological polar surface area (TPSA) is 29.5 Å². The van der Waals surface area contributed by atoms with Gasteiger partial charge in [0.05, 0.1) is 0 Å². The normalized spacial score (nSPS) is 17.4. The van der Waals surface area contributed by atoms with E-state index < -0.39 is 0 Å². The van der Waals surface area contributed by atoms with Crippen LogP contribution in [0.4, 0.5) is 4.39 Å². The van der Waals surface area contributed by atoms with Crippen molar-refractivity contribution in [3.8, 4) is 11.5 Å². The van der Waals surface area contributed by atoms with E-state index in [1.165, 1.54) is 12.1 Å². The first-order valence-electron chi connectivity index (χ1n) is 6.08. The van der Waals surface area contributed by atoms with Crippen molar-refractivity contribution in [1.29, 1.82) is 0 Å². The highest BCUT2D eigenvalue weighted by Crippen LogP contribution is 2.42. The molecule has 0 aromatic heterocycles. The summed E-state index contributed by atoms with van der Waals surface area (Å²) >= 11 is 0. The fourth-order valence-electron chi connectivity index (χ4n) is 2.25. The van der Waals surface area contributed by atoms with Gasteiger partial charge in [-0.1, -0.05) is 24.3 Å². The Hall–Kier alpha value is -2.29. The molecule has 2 nitrogen and oxygen atoms in total. The van der Waals surface area contributed by atoms with Crippen LogP contribution in [0.2, 0.25) is 0 Å². The molecule has 1 unspecified atom stereocenters. The number of hydrogen-bond donors (Lipinski definition) is 1. The van der Waals surface area contributed by atoms with Gasteiger partial charge in [-0.2, -0.15) is 0 Å². The molecule has 0 saturated heterocycles. The van der Waals surface area contributed by atoms with Gasteiger partial charge in [-0.05, 0) is 42.3 Å². The summed E-state index contributed by atoms with van der Waals surface area (Å²) < 4.78 is 18.7. The molecule has 0 fully saturated rings. The van der Waals surface area contributed by atoms with Crippen molar-refractivity contribution in [3.63, 3.8) is 0 Å². The van der Waals surface area contributed by atoms with Crippen LogP contribution in [0, 0.1) is 5.82 Å². The lowest BCUT2D eigenvalue weighted by Gasteiger charge is -2.25. The number of halogens is 1. The number of para-hydroxylation sites is 1. The lowest BCUT2D eigenvalue weighted by Crippen LogP contribution is -2.10. The number of hydrogen-bond acceptors (Lipinski definition) is 2. The van der Waals surface area contributed by atoms with E-state index in [4.69, 9.17) is 4.74 Å². The number of fused-ring (bicyclic) bond motifs is 1. The number of allylic oxidation sites excluding steroid dienone is 1. The molecule has 0 aliphatic carbocycles. The molecule has 96 valence electrons. The fraction of sp³-hybridized carbons (Fsp3) is 0.125. The largest absolute Gasteiger partial charge is 0.504 e. The number of ether oxygens (including phenoxy) is 1. The van der Waals surface area contributed by atoms with E-state index in [9.17, 15) is 9.50 Å². The molecule has 0 amide bonds. The monoisotopic (exact) mass is 256 g/mol. The minimum absolute atomic E-state index is 0.122. The van der Waals surface area contributed by atoms with Crippen molar-refractivity contribution in [2.45, 2.75) is 13.0 Å². The molecule has 2 aromatic carbocycles. The summed E-state index contributed by atoms with van der Waals surface area (Å²) in [6.45, 7) is 1.97. The first kappa shape index (κ1) is 11.8. The van der Waals surface area contributed by atoms with Crippen LogP contribution in [0.15, 0.2) is 48.5 Å². The zero-order chi connectivity index (χ0) is 13.4. The van der Waals surface area contributed by atoms with Gasteiger partial charge in [0.25, 0.3) is 0 Å². The zero-order valence-electron chi connectivity index (χ0n) is 10.4. The predicted molar refractivity (Wildman–Crippen MR) is 71.5 cm³/mol. The number of rotatable bonds is 1. The minimum atomic E-state index is -0.304. The summed E-state index contributed by atoms with van der Waals surface area (Å²) in [7, 11) is 0. The van der Waals surface area contributed by atoms with E-state index in [-0.39, 0.29) is 17.7 Å². The Labute approximate surface area is 110 Å². The van der Waals surface area contributed by atoms with Crippen LogP contribution >= 0.6 is 0 Å². The molecular formula is C16H13FO2. The summed E-state index contributed by atoms with van der Waals surface area (Å²) in [5.74, 6) is 0.331. The Morgan fingerprint density at radius 3 is 2.58 bits per heavy atom. The van der Waals surface area contributed by atoms with Crippen molar-refractivity contribution in [2.24, 2.45) is 0 Å². The first-order valence-corrected chi connectivity index (χ1v) is 6.08. The van der Waals surface area contributed by atoms with Gasteiger partial charge >= 0.3 is 0 Å². The molecule has 3 rings (SSSR count). The van der Waals surface area contributed by atoms with E-state index in [0.29, 0.717) is 5.75 Å². The average Bonchev–Trinajstić information content (AvgIpc) is 2.41. The molecule has 1 N–H and O–H groups in total. The number of phenols is 1. The Balaban J connectivity index is 2.03. The summed E-state index contributed by atoms with van der Waals surface area (Å²) in [5, 5.41) is 9.87. The summed E-state index contributed by atoms with van der Waals surface area (Å²) in [6, 6.07) is 11.5. The van der Waals surface area contributed by atoms with Gasteiger partial charge in [0.1, 0.15) is 11.9 Å². The van der Waals surface area contributed by atoms with Crippen LogP contribution in [0.25, 0.3) is 5.57 Å². The van der Waals surface area contributed by atoms with Crippen molar-refractivity contribution >= 4 is 5.57 Å². The molecular weight excluding hydrogens is 243 g/mol. The molecule has 0 saturated carbocycles. The molecule has 0 bridgehead atoms. The zero-order valence-corrected chi connectivity index (χ0v) is 10.4. The molecule has 1 heterocycles. The highest BCUT2D eigenvalue weighted by atomic mass is 19.1. The Morgan fingerprint density at radius 2 is 1.84 bits per heavy atom. The molecule has 0 spiro atoms. The molecule has 1 atom stereocenters. The maximum Gasteiger partial charge on any atom is 0.169 e. The second kappa shape index (κ2) is 4.43. The SMILES string of the molecule is CC1=CC(c2ccc(F)cc2)Oc2c(O)cccc21. The third kappa shape index (κ3) is 2.08. The minimum Gasteiger partial charge on any atom is -0.504 e. The Morgan fingerprint density at radius 1 is 1.11 bits per heavy atom. The fourth-order valence-corrected chi connectivity index (χ4v) is 2.25. The van der Waals surface area contributed by atoms with Gasteiger partial charge in [-0.25, -0.2) is 4.39 Å². The second-order valence-electron chi connectivity index (χ2n) is 4.59. The number of benzene rings is 2. The van der Waals surface area contributed by atoms with Crippen molar-refractivity contribution in [3.05, 3.63) is 65.5 Å².